The van der Waals surface area contributed by atoms with Crippen LogP contribution in [0.25, 0.3) is 9.88 Å². The molecule has 3 aromatic heterocycles. The zero-order valence-corrected chi connectivity index (χ0v) is 16.3. The molecule has 6 nitrogen and oxygen atoms in total. The fourth-order valence-corrected chi connectivity index (χ4v) is 4.89. The minimum absolute atomic E-state index is 0.463. The van der Waals surface area contributed by atoms with Crippen molar-refractivity contribution in [3.8, 4) is 9.88 Å². The van der Waals surface area contributed by atoms with Crippen molar-refractivity contribution in [1.82, 2.24) is 20.3 Å². The second-order valence-corrected chi connectivity index (χ2v) is 8.06. The van der Waals surface area contributed by atoms with Gasteiger partial charge in [0.25, 0.3) is 0 Å². The van der Waals surface area contributed by atoms with Crippen LogP contribution in [0.15, 0.2) is 35.3 Å². The quantitative estimate of drug-likeness (QED) is 0.648. The summed E-state index contributed by atoms with van der Waals surface area (Å²) < 4.78 is 0. The topological polar surface area (TPSA) is 66.0 Å². The van der Waals surface area contributed by atoms with E-state index in [1.807, 2.05) is 13.1 Å². The highest BCUT2D eigenvalue weighted by Crippen LogP contribution is 2.28. The van der Waals surface area contributed by atoms with Crippen LogP contribution in [0.5, 0.6) is 0 Å². The van der Waals surface area contributed by atoms with Crippen molar-refractivity contribution in [3.05, 3.63) is 41.0 Å². The summed E-state index contributed by atoms with van der Waals surface area (Å²) >= 11 is 3.45. The second kappa shape index (κ2) is 8.11. The number of hydrogen-bond donors (Lipinski definition) is 2. The van der Waals surface area contributed by atoms with Crippen LogP contribution in [0.2, 0.25) is 0 Å². The number of hydrogen-bond acceptors (Lipinski definition) is 8. The Balaban J connectivity index is 1.34. The number of aromatic nitrogens is 3. The first kappa shape index (κ1) is 17.4. The Morgan fingerprint density at radius 2 is 2.27 bits per heavy atom. The van der Waals surface area contributed by atoms with E-state index in [9.17, 15) is 0 Å². The van der Waals surface area contributed by atoms with Crippen LogP contribution in [-0.4, -0.2) is 41.1 Å². The van der Waals surface area contributed by atoms with Crippen molar-refractivity contribution in [2.24, 2.45) is 0 Å². The monoisotopic (exact) mass is 386 g/mol. The summed E-state index contributed by atoms with van der Waals surface area (Å²) in [6.07, 6.45) is 4.01. The van der Waals surface area contributed by atoms with Crippen molar-refractivity contribution >= 4 is 34.3 Å². The molecule has 3 aromatic rings. The Bertz CT molecular complexity index is 832. The third kappa shape index (κ3) is 3.87. The van der Waals surface area contributed by atoms with Gasteiger partial charge < -0.3 is 15.5 Å². The summed E-state index contributed by atoms with van der Waals surface area (Å²) in [6.45, 7) is 2.79. The lowest BCUT2D eigenvalue weighted by Gasteiger charge is -2.26. The molecule has 0 saturated carbocycles. The summed E-state index contributed by atoms with van der Waals surface area (Å²) in [5, 5.41) is 12.0. The fraction of sp³-hybridized carbons (Fsp3) is 0.389. The molecule has 1 atom stereocenters. The first-order valence-corrected chi connectivity index (χ1v) is 10.5. The van der Waals surface area contributed by atoms with E-state index in [1.54, 1.807) is 29.0 Å². The predicted octanol–water partition coefficient (Wildman–Crippen LogP) is 3.46. The zero-order valence-electron chi connectivity index (χ0n) is 14.7. The maximum absolute atomic E-state index is 4.74. The van der Waals surface area contributed by atoms with Crippen LogP contribution >= 0.6 is 22.7 Å². The van der Waals surface area contributed by atoms with Gasteiger partial charge >= 0.3 is 0 Å². The minimum atomic E-state index is 0.463. The zero-order chi connectivity index (χ0) is 17.8. The first-order valence-electron chi connectivity index (χ1n) is 8.79. The highest BCUT2D eigenvalue weighted by Gasteiger charge is 2.25. The number of thiophene rings is 1. The largest absolute Gasteiger partial charge is 0.373 e. The Morgan fingerprint density at radius 1 is 1.31 bits per heavy atom. The molecule has 0 aromatic carbocycles. The third-order valence-corrected chi connectivity index (χ3v) is 6.48. The first-order chi connectivity index (χ1) is 12.8. The van der Waals surface area contributed by atoms with E-state index in [1.165, 1.54) is 17.7 Å². The lowest BCUT2D eigenvalue weighted by Crippen LogP contribution is -2.38. The van der Waals surface area contributed by atoms with Gasteiger partial charge in [-0.2, -0.15) is 0 Å². The number of nitrogens with zero attached hydrogens (tertiary/aromatic N) is 4. The van der Waals surface area contributed by atoms with Crippen LogP contribution in [0.3, 0.4) is 0 Å². The van der Waals surface area contributed by atoms with E-state index in [-0.39, 0.29) is 0 Å². The molecule has 1 unspecified atom stereocenters. The molecular weight excluding hydrogens is 364 g/mol. The summed E-state index contributed by atoms with van der Waals surface area (Å²) in [4.78, 5) is 17.0. The average molecular weight is 387 g/mol. The molecule has 1 saturated heterocycles. The van der Waals surface area contributed by atoms with Gasteiger partial charge in [0.05, 0.1) is 10.6 Å². The second-order valence-electron chi connectivity index (χ2n) is 6.25. The van der Waals surface area contributed by atoms with Crippen molar-refractivity contribution in [2.75, 3.05) is 30.4 Å². The fourth-order valence-electron chi connectivity index (χ4n) is 3.26. The SMILES string of the molecule is CNc1cc(N2CCCC2CNCc2csc(-c3cccs3)n2)ncn1. The van der Waals surface area contributed by atoms with Crippen LogP contribution in [-0.2, 0) is 6.54 Å². The van der Waals surface area contributed by atoms with Crippen LogP contribution in [0.4, 0.5) is 11.6 Å². The lowest BCUT2D eigenvalue weighted by molar-refractivity contribution is 0.567. The smallest absolute Gasteiger partial charge is 0.134 e. The maximum Gasteiger partial charge on any atom is 0.134 e. The van der Waals surface area contributed by atoms with Crippen molar-refractivity contribution in [2.45, 2.75) is 25.4 Å². The van der Waals surface area contributed by atoms with Crippen molar-refractivity contribution < 1.29 is 0 Å². The Morgan fingerprint density at radius 3 is 3.12 bits per heavy atom. The van der Waals surface area contributed by atoms with E-state index in [0.29, 0.717) is 6.04 Å². The molecule has 26 heavy (non-hydrogen) atoms. The molecule has 0 amide bonds. The van der Waals surface area contributed by atoms with Gasteiger partial charge in [-0.25, -0.2) is 15.0 Å². The number of rotatable bonds is 7. The van der Waals surface area contributed by atoms with Crippen LogP contribution in [0.1, 0.15) is 18.5 Å². The average Bonchev–Trinajstić information content (AvgIpc) is 3.43. The molecule has 1 fully saturated rings. The van der Waals surface area contributed by atoms with Gasteiger partial charge in [0.2, 0.25) is 0 Å². The molecule has 1 aliphatic heterocycles. The Labute approximate surface area is 161 Å². The number of anilines is 2. The van der Waals surface area contributed by atoms with E-state index >= 15 is 0 Å². The van der Waals surface area contributed by atoms with Gasteiger partial charge in [-0.1, -0.05) is 6.07 Å². The van der Waals surface area contributed by atoms with Gasteiger partial charge in [-0.3, -0.25) is 0 Å². The molecule has 2 N–H and O–H groups in total. The molecule has 0 bridgehead atoms. The van der Waals surface area contributed by atoms with Gasteiger partial charge in [0, 0.05) is 44.2 Å². The highest BCUT2D eigenvalue weighted by molar-refractivity contribution is 7.20. The van der Waals surface area contributed by atoms with Crippen molar-refractivity contribution in [3.63, 3.8) is 0 Å². The molecule has 136 valence electrons. The molecule has 0 spiro atoms. The summed E-state index contributed by atoms with van der Waals surface area (Å²) in [5.41, 5.74) is 1.11. The Kier molecular flexibility index (Phi) is 5.42. The van der Waals surface area contributed by atoms with Crippen LogP contribution in [0, 0.1) is 0 Å². The number of nitrogens with one attached hydrogen (secondary N) is 2. The molecule has 8 heteroatoms. The molecule has 0 aliphatic carbocycles. The van der Waals surface area contributed by atoms with Crippen LogP contribution < -0.4 is 15.5 Å². The molecular formula is C18H22N6S2. The molecule has 0 radical (unpaired) electrons. The van der Waals surface area contributed by atoms with Gasteiger partial charge in [-0.05, 0) is 24.3 Å². The standard InChI is InChI=1S/C18H22N6S2/c1-19-16-8-17(22-12-21-16)24-6-2-4-14(24)10-20-9-13-11-26-18(23-13)15-5-3-7-25-15/h3,5,7-8,11-12,14,20H,2,4,6,9-10H2,1H3,(H,19,21,22). The summed E-state index contributed by atoms with van der Waals surface area (Å²) in [7, 11) is 1.88. The normalized spacial score (nSPS) is 17.0. The van der Waals surface area contributed by atoms with Gasteiger partial charge in [0.1, 0.15) is 23.0 Å². The summed E-state index contributed by atoms with van der Waals surface area (Å²) in [6, 6.07) is 6.68. The predicted molar refractivity (Wildman–Crippen MR) is 109 cm³/mol. The van der Waals surface area contributed by atoms with Gasteiger partial charge in [-0.15, -0.1) is 22.7 Å². The third-order valence-electron chi connectivity index (χ3n) is 4.55. The Hall–Kier alpha value is -2.03. The lowest BCUT2D eigenvalue weighted by atomic mass is 10.2. The number of thiazole rings is 1. The molecule has 1 aliphatic rings. The van der Waals surface area contributed by atoms with E-state index in [0.717, 1.165) is 42.0 Å². The van der Waals surface area contributed by atoms with E-state index in [2.05, 4.69) is 48.4 Å². The van der Waals surface area contributed by atoms with Crippen molar-refractivity contribution in [1.29, 1.82) is 0 Å². The molecule has 4 rings (SSSR count). The van der Waals surface area contributed by atoms with E-state index < -0.39 is 0 Å². The minimum Gasteiger partial charge on any atom is -0.373 e. The van der Waals surface area contributed by atoms with E-state index in [4.69, 9.17) is 4.98 Å². The van der Waals surface area contributed by atoms with Gasteiger partial charge in [0.15, 0.2) is 0 Å². The molecule has 4 heterocycles. The summed E-state index contributed by atoms with van der Waals surface area (Å²) in [5.74, 6) is 1.86. The highest BCUT2D eigenvalue weighted by atomic mass is 32.1. The maximum atomic E-state index is 4.74.